The standard InChI is InChI=1S/C20H32N2O2/c1-13-7-14(2)17(15(3)8-13)24-18(23)22-12-20(6)10-16(21)9-19(4,5)11-20/h7-8,16H,9-12,21H2,1-6H3,(H,22,23). The zero-order chi connectivity index (χ0) is 18.1. The van der Waals surface area contributed by atoms with Crippen LogP contribution in [-0.2, 0) is 0 Å². The van der Waals surface area contributed by atoms with Crippen molar-refractivity contribution in [3.05, 3.63) is 28.8 Å². The molecule has 2 atom stereocenters. The number of amides is 1. The zero-order valence-corrected chi connectivity index (χ0v) is 16.0. The van der Waals surface area contributed by atoms with Gasteiger partial charge in [0.2, 0.25) is 0 Å². The number of rotatable bonds is 3. The van der Waals surface area contributed by atoms with E-state index in [1.54, 1.807) is 0 Å². The number of aryl methyl sites for hydroxylation is 3. The Morgan fingerprint density at radius 2 is 1.79 bits per heavy atom. The van der Waals surface area contributed by atoms with Gasteiger partial charge in [-0.05, 0) is 62.0 Å². The Morgan fingerprint density at radius 1 is 1.21 bits per heavy atom. The summed E-state index contributed by atoms with van der Waals surface area (Å²) in [6.07, 6.45) is 2.63. The molecule has 1 aliphatic carbocycles. The van der Waals surface area contributed by atoms with Gasteiger partial charge in [-0.2, -0.15) is 0 Å². The molecule has 1 aliphatic rings. The normalized spacial score (nSPS) is 26.0. The summed E-state index contributed by atoms with van der Waals surface area (Å²) in [7, 11) is 0. The first-order chi connectivity index (χ1) is 11.0. The van der Waals surface area contributed by atoms with Gasteiger partial charge in [-0.1, -0.05) is 38.5 Å². The number of hydrogen-bond acceptors (Lipinski definition) is 3. The highest BCUT2D eigenvalue weighted by Gasteiger charge is 2.40. The Balaban J connectivity index is 1.98. The van der Waals surface area contributed by atoms with Crippen molar-refractivity contribution in [2.45, 2.75) is 66.8 Å². The van der Waals surface area contributed by atoms with Gasteiger partial charge in [0, 0.05) is 12.6 Å². The van der Waals surface area contributed by atoms with Crippen molar-refractivity contribution in [1.29, 1.82) is 0 Å². The summed E-state index contributed by atoms with van der Waals surface area (Å²) in [5.41, 5.74) is 9.58. The lowest BCUT2D eigenvalue weighted by molar-refractivity contribution is 0.0821. The summed E-state index contributed by atoms with van der Waals surface area (Å²) in [6, 6.07) is 4.25. The van der Waals surface area contributed by atoms with Crippen LogP contribution in [-0.4, -0.2) is 18.7 Å². The summed E-state index contributed by atoms with van der Waals surface area (Å²) in [4.78, 5) is 12.3. The van der Waals surface area contributed by atoms with Gasteiger partial charge in [-0.3, -0.25) is 0 Å². The third-order valence-electron chi connectivity index (χ3n) is 4.93. The molecule has 0 saturated heterocycles. The van der Waals surface area contributed by atoms with E-state index in [1.165, 1.54) is 5.56 Å². The molecule has 0 aliphatic heterocycles. The van der Waals surface area contributed by atoms with Crippen LogP contribution >= 0.6 is 0 Å². The lowest BCUT2D eigenvalue weighted by atomic mass is 9.63. The predicted molar refractivity (Wildman–Crippen MR) is 98.4 cm³/mol. The van der Waals surface area contributed by atoms with Gasteiger partial charge in [-0.15, -0.1) is 0 Å². The molecule has 1 fully saturated rings. The summed E-state index contributed by atoms with van der Waals surface area (Å²) in [5, 5.41) is 2.95. The van der Waals surface area contributed by atoms with Crippen LogP contribution in [0.4, 0.5) is 4.79 Å². The molecule has 0 radical (unpaired) electrons. The third-order valence-corrected chi connectivity index (χ3v) is 4.93. The monoisotopic (exact) mass is 332 g/mol. The first kappa shape index (κ1) is 18.8. The molecule has 4 heteroatoms. The van der Waals surface area contributed by atoms with Crippen molar-refractivity contribution in [2.24, 2.45) is 16.6 Å². The quantitative estimate of drug-likeness (QED) is 0.870. The van der Waals surface area contributed by atoms with Crippen molar-refractivity contribution in [2.75, 3.05) is 6.54 Å². The second-order valence-electron chi connectivity index (χ2n) is 8.79. The first-order valence-electron chi connectivity index (χ1n) is 8.79. The fourth-order valence-electron chi connectivity index (χ4n) is 4.59. The van der Waals surface area contributed by atoms with Gasteiger partial charge in [-0.25, -0.2) is 4.79 Å². The van der Waals surface area contributed by atoms with Crippen LogP contribution in [0.1, 0.15) is 56.7 Å². The number of carbonyl (C=O) groups excluding carboxylic acids is 1. The van der Waals surface area contributed by atoms with Crippen LogP contribution in [0, 0.1) is 31.6 Å². The van der Waals surface area contributed by atoms with E-state index in [0.717, 1.165) is 30.4 Å². The van der Waals surface area contributed by atoms with Crippen molar-refractivity contribution in [3.8, 4) is 5.75 Å². The number of benzene rings is 1. The minimum atomic E-state index is -0.386. The number of hydrogen-bond donors (Lipinski definition) is 2. The van der Waals surface area contributed by atoms with Crippen LogP contribution in [0.25, 0.3) is 0 Å². The van der Waals surface area contributed by atoms with E-state index in [-0.39, 0.29) is 23.0 Å². The molecule has 0 aromatic heterocycles. The molecule has 1 saturated carbocycles. The lowest BCUT2D eigenvalue weighted by Gasteiger charge is -2.45. The fourth-order valence-corrected chi connectivity index (χ4v) is 4.59. The molecule has 2 rings (SSSR count). The maximum atomic E-state index is 12.3. The van der Waals surface area contributed by atoms with Crippen LogP contribution in [0.3, 0.4) is 0 Å². The highest BCUT2D eigenvalue weighted by Crippen LogP contribution is 2.45. The maximum absolute atomic E-state index is 12.3. The van der Waals surface area contributed by atoms with E-state index in [4.69, 9.17) is 10.5 Å². The Hall–Kier alpha value is -1.55. The van der Waals surface area contributed by atoms with E-state index in [9.17, 15) is 4.79 Å². The Bertz CT molecular complexity index is 601. The highest BCUT2D eigenvalue weighted by molar-refractivity contribution is 5.71. The Kier molecular flexibility index (Phi) is 5.28. The zero-order valence-electron chi connectivity index (χ0n) is 16.0. The average Bonchev–Trinajstić information content (AvgIpc) is 2.38. The van der Waals surface area contributed by atoms with E-state index in [2.05, 4.69) is 26.1 Å². The Morgan fingerprint density at radius 3 is 2.33 bits per heavy atom. The molecule has 3 N–H and O–H groups in total. The topological polar surface area (TPSA) is 64.3 Å². The lowest BCUT2D eigenvalue weighted by Crippen LogP contribution is -2.48. The fraction of sp³-hybridized carbons (Fsp3) is 0.650. The molecule has 0 bridgehead atoms. The van der Waals surface area contributed by atoms with E-state index >= 15 is 0 Å². The van der Waals surface area contributed by atoms with E-state index < -0.39 is 0 Å². The molecule has 1 aromatic rings. The van der Waals surface area contributed by atoms with Crippen LogP contribution in [0.5, 0.6) is 5.75 Å². The minimum absolute atomic E-state index is 0.0115. The van der Waals surface area contributed by atoms with Crippen molar-refractivity contribution < 1.29 is 9.53 Å². The first-order valence-corrected chi connectivity index (χ1v) is 8.79. The summed E-state index contributed by atoms with van der Waals surface area (Å²) >= 11 is 0. The molecular weight excluding hydrogens is 300 g/mol. The van der Waals surface area contributed by atoms with Crippen molar-refractivity contribution in [1.82, 2.24) is 5.32 Å². The van der Waals surface area contributed by atoms with Gasteiger partial charge in [0.1, 0.15) is 5.75 Å². The highest BCUT2D eigenvalue weighted by atomic mass is 16.6. The molecule has 24 heavy (non-hydrogen) atoms. The largest absolute Gasteiger partial charge is 0.412 e. The number of ether oxygens (including phenoxy) is 1. The number of nitrogens with two attached hydrogens (primary N) is 1. The Labute approximate surface area is 146 Å². The average molecular weight is 332 g/mol. The molecule has 0 spiro atoms. The van der Waals surface area contributed by atoms with E-state index in [1.807, 2.05) is 32.9 Å². The third kappa shape index (κ3) is 4.73. The van der Waals surface area contributed by atoms with Crippen LogP contribution in [0.15, 0.2) is 12.1 Å². The second-order valence-corrected chi connectivity index (χ2v) is 8.79. The number of carbonyl (C=O) groups is 1. The van der Waals surface area contributed by atoms with Crippen LogP contribution < -0.4 is 15.8 Å². The second kappa shape index (κ2) is 6.75. The molecule has 0 heterocycles. The summed E-state index contributed by atoms with van der Waals surface area (Å²) < 4.78 is 5.56. The van der Waals surface area contributed by atoms with Crippen molar-refractivity contribution >= 4 is 6.09 Å². The minimum Gasteiger partial charge on any atom is -0.410 e. The van der Waals surface area contributed by atoms with Gasteiger partial charge in [0.15, 0.2) is 0 Å². The van der Waals surface area contributed by atoms with Gasteiger partial charge < -0.3 is 15.8 Å². The predicted octanol–water partition coefficient (Wildman–Crippen LogP) is 4.24. The molecule has 134 valence electrons. The van der Waals surface area contributed by atoms with Crippen LogP contribution in [0.2, 0.25) is 0 Å². The molecule has 1 aromatic carbocycles. The molecule has 2 unspecified atom stereocenters. The maximum Gasteiger partial charge on any atom is 0.412 e. The summed E-state index contributed by atoms with van der Waals surface area (Å²) in [5.74, 6) is 0.656. The molecule has 1 amide bonds. The van der Waals surface area contributed by atoms with E-state index in [0.29, 0.717) is 12.3 Å². The van der Waals surface area contributed by atoms with Gasteiger partial charge in [0.25, 0.3) is 0 Å². The smallest absolute Gasteiger partial charge is 0.410 e. The van der Waals surface area contributed by atoms with Gasteiger partial charge in [0.05, 0.1) is 0 Å². The SMILES string of the molecule is Cc1cc(C)c(OC(=O)NCC2(C)CC(N)CC(C)(C)C2)c(C)c1. The summed E-state index contributed by atoms with van der Waals surface area (Å²) in [6.45, 7) is 13.3. The van der Waals surface area contributed by atoms with Crippen molar-refractivity contribution in [3.63, 3.8) is 0 Å². The number of nitrogens with one attached hydrogen (secondary N) is 1. The van der Waals surface area contributed by atoms with Gasteiger partial charge >= 0.3 is 6.09 Å². The molecule has 4 nitrogen and oxygen atoms in total. The molecular formula is C20H32N2O2.